The van der Waals surface area contributed by atoms with Crippen molar-refractivity contribution in [3.05, 3.63) is 43.0 Å². The molecular formula is C13H16N4O2S. The third-order valence-electron chi connectivity index (χ3n) is 2.80. The normalized spacial score (nSPS) is 11.1. The van der Waals surface area contributed by atoms with Crippen molar-refractivity contribution in [1.82, 2.24) is 9.97 Å². The van der Waals surface area contributed by atoms with Gasteiger partial charge in [0.05, 0.1) is 17.6 Å². The largest absolute Gasteiger partial charge is 0.384 e. The number of sulfonamides is 1. The molecule has 0 aliphatic carbocycles. The lowest BCUT2D eigenvalue weighted by molar-refractivity contribution is 0.594. The van der Waals surface area contributed by atoms with Crippen LogP contribution < -0.4 is 9.62 Å². The first-order valence-electron chi connectivity index (χ1n) is 6.14. The van der Waals surface area contributed by atoms with Crippen molar-refractivity contribution >= 4 is 21.4 Å². The van der Waals surface area contributed by atoms with Crippen molar-refractivity contribution in [3.8, 4) is 0 Å². The van der Waals surface area contributed by atoms with Crippen molar-refractivity contribution in [2.24, 2.45) is 0 Å². The molecule has 2 aromatic heterocycles. The van der Waals surface area contributed by atoms with Gasteiger partial charge in [-0.05, 0) is 25.1 Å². The first-order chi connectivity index (χ1) is 9.57. The van der Waals surface area contributed by atoms with E-state index in [2.05, 4.69) is 15.3 Å². The summed E-state index contributed by atoms with van der Waals surface area (Å²) in [5, 5.41) is 3.03. The lowest BCUT2D eigenvalue weighted by Crippen LogP contribution is -2.27. The van der Waals surface area contributed by atoms with Crippen LogP contribution in [0.25, 0.3) is 0 Å². The first kappa shape index (κ1) is 14.3. The zero-order valence-corrected chi connectivity index (χ0v) is 12.1. The Hall–Kier alpha value is -2.15. The highest BCUT2D eigenvalue weighted by molar-refractivity contribution is 7.93. The molecule has 0 aliphatic rings. The average molecular weight is 292 g/mol. The predicted octanol–water partition coefficient (Wildman–Crippen LogP) is 1.73. The zero-order valence-electron chi connectivity index (χ0n) is 11.3. The molecule has 0 amide bonds. The fourth-order valence-electron chi connectivity index (χ4n) is 1.75. The quantitative estimate of drug-likeness (QED) is 0.908. The van der Waals surface area contributed by atoms with Crippen LogP contribution in [0.4, 0.5) is 11.4 Å². The molecule has 0 radical (unpaired) electrons. The number of anilines is 2. The van der Waals surface area contributed by atoms with Crippen molar-refractivity contribution in [1.29, 1.82) is 0 Å². The van der Waals surface area contributed by atoms with Gasteiger partial charge in [-0.15, -0.1) is 0 Å². The number of hydrogen-bond acceptors (Lipinski definition) is 5. The lowest BCUT2D eigenvalue weighted by atomic mass is 10.4. The number of nitrogens with one attached hydrogen (secondary N) is 1. The van der Waals surface area contributed by atoms with Gasteiger partial charge in [-0.1, -0.05) is 0 Å². The summed E-state index contributed by atoms with van der Waals surface area (Å²) in [5.41, 5.74) is 1.04. The highest BCUT2D eigenvalue weighted by atomic mass is 32.2. The van der Waals surface area contributed by atoms with Crippen LogP contribution in [0.15, 0.2) is 47.9 Å². The summed E-state index contributed by atoms with van der Waals surface area (Å²) in [6, 6.07) is 5.02. The van der Waals surface area contributed by atoms with Gasteiger partial charge in [-0.25, -0.2) is 8.42 Å². The Kier molecular flexibility index (Phi) is 4.19. The van der Waals surface area contributed by atoms with Gasteiger partial charge in [0.2, 0.25) is 0 Å². The van der Waals surface area contributed by atoms with E-state index in [4.69, 9.17) is 0 Å². The second-order valence-electron chi connectivity index (χ2n) is 4.09. The molecule has 0 saturated heterocycles. The SMILES string of the molecule is CCNc1ccncc1S(=O)(=O)N(C)c1cccnc1. The first-order valence-corrected chi connectivity index (χ1v) is 7.58. The third-order valence-corrected chi connectivity index (χ3v) is 4.61. The third kappa shape index (κ3) is 2.72. The molecule has 0 aliphatic heterocycles. The maximum atomic E-state index is 12.6. The molecule has 0 fully saturated rings. The Balaban J connectivity index is 2.45. The van der Waals surface area contributed by atoms with Crippen LogP contribution in [0.2, 0.25) is 0 Å². The van der Waals surface area contributed by atoms with Gasteiger partial charge < -0.3 is 5.32 Å². The molecule has 0 saturated carbocycles. The molecule has 1 N–H and O–H groups in total. The summed E-state index contributed by atoms with van der Waals surface area (Å²) in [6.07, 6.45) is 6.00. The number of rotatable bonds is 5. The Morgan fingerprint density at radius 3 is 2.60 bits per heavy atom. The number of hydrogen-bond donors (Lipinski definition) is 1. The van der Waals surface area contributed by atoms with E-state index in [-0.39, 0.29) is 4.90 Å². The predicted molar refractivity (Wildman–Crippen MR) is 78.2 cm³/mol. The maximum Gasteiger partial charge on any atom is 0.267 e. The van der Waals surface area contributed by atoms with Gasteiger partial charge in [-0.2, -0.15) is 0 Å². The lowest BCUT2D eigenvalue weighted by Gasteiger charge is -2.20. The molecule has 2 rings (SSSR count). The van der Waals surface area contributed by atoms with Gasteiger partial charge in [0.15, 0.2) is 0 Å². The number of pyridine rings is 2. The molecule has 6 nitrogen and oxygen atoms in total. The van der Waals surface area contributed by atoms with Gasteiger partial charge in [0.25, 0.3) is 10.0 Å². The Labute approximate surface area is 118 Å². The van der Waals surface area contributed by atoms with E-state index >= 15 is 0 Å². The van der Waals surface area contributed by atoms with E-state index in [9.17, 15) is 8.42 Å². The molecule has 0 unspecified atom stereocenters. The highest BCUT2D eigenvalue weighted by Crippen LogP contribution is 2.25. The Morgan fingerprint density at radius 1 is 1.20 bits per heavy atom. The summed E-state index contributed by atoms with van der Waals surface area (Å²) >= 11 is 0. The van der Waals surface area contributed by atoms with Gasteiger partial charge in [-0.3, -0.25) is 14.3 Å². The van der Waals surface area contributed by atoms with E-state index in [1.165, 1.54) is 23.7 Å². The van der Waals surface area contributed by atoms with E-state index in [1.807, 2.05) is 6.92 Å². The Bertz CT molecular complexity index is 674. The summed E-state index contributed by atoms with van der Waals surface area (Å²) in [7, 11) is -2.18. The van der Waals surface area contributed by atoms with Crippen molar-refractivity contribution in [3.63, 3.8) is 0 Å². The van der Waals surface area contributed by atoms with Crippen LogP contribution in [-0.2, 0) is 10.0 Å². The average Bonchev–Trinajstić information content (AvgIpc) is 2.48. The van der Waals surface area contributed by atoms with E-state index in [0.717, 1.165) is 0 Å². The minimum atomic E-state index is -3.68. The molecule has 0 atom stereocenters. The summed E-state index contributed by atoms with van der Waals surface area (Å²) < 4.78 is 26.5. The van der Waals surface area contributed by atoms with Crippen LogP contribution in [0.3, 0.4) is 0 Å². The molecule has 0 aromatic carbocycles. The van der Waals surface area contributed by atoms with Crippen LogP contribution >= 0.6 is 0 Å². The minimum Gasteiger partial charge on any atom is -0.384 e. The second kappa shape index (κ2) is 5.87. The number of aromatic nitrogens is 2. The molecule has 2 aromatic rings. The topological polar surface area (TPSA) is 75.2 Å². The Morgan fingerprint density at radius 2 is 1.95 bits per heavy atom. The van der Waals surface area contributed by atoms with Crippen LogP contribution in [-0.4, -0.2) is 32.0 Å². The monoisotopic (exact) mass is 292 g/mol. The molecule has 20 heavy (non-hydrogen) atoms. The van der Waals surface area contributed by atoms with Crippen molar-refractivity contribution < 1.29 is 8.42 Å². The van der Waals surface area contributed by atoms with E-state index in [1.54, 1.807) is 30.6 Å². The molecular weight excluding hydrogens is 276 g/mol. The molecule has 2 heterocycles. The fraction of sp³-hybridized carbons (Fsp3) is 0.231. The van der Waals surface area contributed by atoms with Crippen LogP contribution in [0.5, 0.6) is 0 Å². The van der Waals surface area contributed by atoms with Crippen LogP contribution in [0, 0.1) is 0 Å². The number of nitrogens with zero attached hydrogens (tertiary/aromatic N) is 3. The molecule has 0 bridgehead atoms. The molecule has 106 valence electrons. The van der Waals surface area contributed by atoms with Crippen molar-refractivity contribution in [2.75, 3.05) is 23.2 Å². The smallest absolute Gasteiger partial charge is 0.267 e. The maximum absolute atomic E-state index is 12.6. The van der Waals surface area contributed by atoms with E-state index < -0.39 is 10.0 Å². The summed E-state index contributed by atoms with van der Waals surface area (Å²) in [6.45, 7) is 2.53. The second-order valence-corrected chi connectivity index (χ2v) is 6.02. The molecule has 0 spiro atoms. The highest BCUT2D eigenvalue weighted by Gasteiger charge is 2.24. The van der Waals surface area contributed by atoms with Gasteiger partial charge in [0, 0.05) is 32.2 Å². The standard InChI is InChI=1S/C13H16N4O2S/c1-3-16-12-6-8-15-10-13(12)20(18,19)17(2)11-5-4-7-14-9-11/h4-10H,3H2,1-2H3,(H,15,16). The molecule has 7 heteroatoms. The van der Waals surface area contributed by atoms with Crippen LogP contribution in [0.1, 0.15) is 6.92 Å². The summed E-state index contributed by atoms with van der Waals surface area (Å²) in [4.78, 5) is 7.99. The van der Waals surface area contributed by atoms with Crippen molar-refractivity contribution in [2.45, 2.75) is 11.8 Å². The van der Waals surface area contributed by atoms with Gasteiger partial charge in [0.1, 0.15) is 4.90 Å². The van der Waals surface area contributed by atoms with E-state index in [0.29, 0.717) is 17.9 Å². The fourth-order valence-corrected chi connectivity index (χ4v) is 3.04. The van der Waals surface area contributed by atoms with Gasteiger partial charge >= 0.3 is 0 Å². The summed E-state index contributed by atoms with van der Waals surface area (Å²) in [5.74, 6) is 0. The zero-order chi connectivity index (χ0) is 14.6. The minimum absolute atomic E-state index is 0.146.